The summed E-state index contributed by atoms with van der Waals surface area (Å²) < 4.78 is 2.95. The highest BCUT2D eigenvalue weighted by molar-refractivity contribution is 7.71. The molecule has 0 bridgehead atoms. The molecular weight excluding hydrogens is 248 g/mol. The third kappa shape index (κ3) is 1.94. The van der Waals surface area contributed by atoms with Gasteiger partial charge in [0.2, 0.25) is 0 Å². The number of aromatic nitrogens is 2. The lowest BCUT2D eigenvalue weighted by molar-refractivity contribution is 0.823. The lowest BCUT2D eigenvalue weighted by Gasteiger charge is -2.02. The summed E-state index contributed by atoms with van der Waals surface area (Å²) in [5, 5.41) is 2.10. The number of benzene rings is 1. The molecule has 0 spiro atoms. The monoisotopic (exact) mass is 260 g/mol. The fourth-order valence-corrected chi connectivity index (χ4v) is 2.94. The van der Waals surface area contributed by atoms with Gasteiger partial charge in [-0.05, 0) is 48.3 Å². The number of aromatic amines is 1. The fraction of sp³-hybridized carbons (Fsp3) is 0.154. The van der Waals surface area contributed by atoms with Crippen molar-refractivity contribution in [1.29, 1.82) is 0 Å². The van der Waals surface area contributed by atoms with E-state index in [0.29, 0.717) is 0 Å². The van der Waals surface area contributed by atoms with Crippen molar-refractivity contribution < 1.29 is 0 Å². The largest absolute Gasteiger partial charge is 0.331 e. The van der Waals surface area contributed by atoms with Gasteiger partial charge in [-0.25, -0.2) is 0 Å². The maximum Gasteiger partial charge on any atom is 0.178 e. The minimum atomic E-state index is 0.791. The van der Waals surface area contributed by atoms with Crippen molar-refractivity contribution in [3.05, 3.63) is 50.9 Å². The van der Waals surface area contributed by atoms with Gasteiger partial charge in [-0.15, -0.1) is 11.3 Å². The second-order valence-electron chi connectivity index (χ2n) is 4.12. The van der Waals surface area contributed by atoms with E-state index in [1.54, 1.807) is 11.3 Å². The summed E-state index contributed by atoms with van der Waals surface area (Å²) in [4.78, 5) is 4.57. The second kappa shape index (κ2) is 4.13. The van der Waals surface area contributed by atoms with Gasteiger partial charge < -0.3 is 9.55 Å². The summed E-state index contributed by atoms with van der Waals surface area (Å²) in [6, 6.07) is 10.6. The number of nitrogens with zero attached hydrogens (tertiary/aromatic N) is 1. The van der Waals surface area contributed by atoms with Gasteiger partial charge in [0.05, 0.1) is 17.6 Å². The van der Waals surface area contributed by atoms with Crippen LogP contribution in [0.3, 0.4) is 0 Å². The molecule has 2 nitrogen and oxygen atoms in total. The zero-order chi connectivity index (χ0) is 11.8. The van der Waals surface area contributed by atoms with Crippen molar-refractivity contribution in [1.82, 2.24) is 9.55 Å². The number of hydrogen-bond donors (Lipinski definition) is 1. The molecule has 4 heteroatoms. The molecule has 0 atom stereocenters. The van der Waals surface area contributed by atoms with Crippen molar-refractivity contribution in [2.75, 3.05) is 0 Å². The zero-order valence-corrected chi connectivity index (χ0v) is 11.1. The average molecular weight is 260 g/mol. The summed E-state index contributed by atoms with van der Waals surface area (Å²) >= 11 is 7.14. The third-order valence-electron chi connectivity index (χ3n) is 2.82. The maximum absolute atomic E-state index is 5.38. The minimum Gasteiger partial charge on any atom is -0.331 e. The normalized spacial score (nSPS) is 11.1. The second-order valence-corrected chi connectivity index (χ2v) is 5.54. The molecule has 1 aromatic carbocycles. The Bertz CT molecular complexity index is 705. The van der Waals surface area contributed by atoms with Crippen molar-refractivity contribution in [2.45, 2.75) is 13.5 Å². The Morgan fingerprint density at radius 2 is 2.24 bits per heavy atom. The molecule has 0 fully saturated rings. The van der Waals surface area contributed by atoms with Crippen molar-refractivity contribution in [3.63, 3.8) is 0 Å². The molecular formula is C13H12N2S2. The molecule has 3 rings (SSSR count). The van der Waals surface area contributed by atoms with E-state index < -0.39 is 0 Å². The predicted octanol–water partition coefficient (Wildman–Crippen LogP) is 4.12. The lowest BCUT2D eigenvalue weighted by Crippen LogP contribution is -1.97. The van der Waals surface area contributed by atoms with Gasteiger partial charge in [-0.3, -0.25) is 0 Å². The standard InChI is InChI=1S/C13H12N2S2/c1-9-4-5-11-12(7-9)15(13(16)14-11)8-10-3-2-6-17-10/h2-7H,8H2,1H3,(H,14,16). The van der Waals surface area contributed by atoms with Crippen LogP contribution < -0.4 is 0 Å². The molecule has 0 amide bonds. The first-order chi connectivity index (χ1) is 8.24. The van der Waals surface area contributed by atoms with Gasteiger partial charge in [0, 0.05) is 4.88 Å². The minimum absolute atomic E-state index is 0.791. The molecule has 0 aliphatic rings. The molecule has 2 heterocycles. The van der Waals surface area contributed by atoms with E-state index in [1.807, 2.05) is 0 Å². The Balaban J connectivity index is 2.17. The van der Waals surface area contributed by atoms with Crippen molar-refractivity contribution in [3.8, 4) is 0 Å². The summed E-state index contributed by atoms with van der Waals surface area (Å²) in [7, 11) is 0. The number of hydrogen-bond acceptors (Lipinski definition) is 2. The van der Waals surface area contributed by atoms with Crippen LogP contribution in [0.1, 0.15) is 10.4 Å². The quantitative estimate of drug-likeness (QED) is 0.687. The Morgan fingerprint density at radius 3 is 3.00 bits per heavy atom. The van der Waals surface area contributed by atoms with Crippen molar-refractivity contribution >= 4 is 34.6 Å². The highest BCUT2D eigenvalue weighted by Gasteiger charge is 2.05. The highest BCUT2D eigenvalue weighted by Crippen LogP contribution is 2.19. The van der Waals surface area contributed by atoms with E-state index in [9.17, 15) is 0 Å². The van der Waals surface area contributed by atoms with Gasteiger partial charge in [-0.2, -0.15) is 0 Å². The summed E-state index contributed by atoms with van der Waals surface area (Å²) in [6.07, 6.45) is 0. The Labute approximate surface area is 109 Å². The number of aryl methyl sites for hydroxylation is 1. The molecule has 17 heavy (non-hydrogen) atoms. The SMILES string of the molecule is Cc1ccc2[nH]c(=S)n(Cc3cccs3)c2c1. The number of imidazole rings is 1. The van der Waals surface area contributed by atoms with Crippen LogP contribution in [0, 0.1) is 11.7 Å². The first kappa shape index (κ1) is 10.7. The van der Waals surface area contributed by atoms with Gasteiger partial charge in [-0.1, -0.05) is 12.1 Å². The smallest absolute Gasteiger partial charge is 0.178 e. The van der Waals surface area contributed by atoms with Crippen LogP contribution >= 0.6 is 23.6 Å². The van der Waals surface area contributed by atoms with Crippen LogP contribution in [-0.2, 0) is 6.54 Å². The Kier molecular flexibility index (Phi) is 2.61. The summed E-state index contributed by atoms with van der Waals surface area (Å²) in [6.45, 7) is 2.95. The topological polar surface area (TPSA) is 20.7 Å². The molecule has 3 aromatic rings. The number of H-pyrrole nitrogens is 1. The molecule has 0 unspecified atom stereocenters. The average Bonchev–Trinajstić information content (AvgIpc) is 2.90. The van der Waals surface area contributed by atoms with Crippen LogP contribution in [-0.4, -0.2) is 9.55 Å². The van der Waals surface area contributed by atoms with Gasteiger partial charge in [0.15, 0.2) is 4.77 Å². The van der Waals surface area contributed by atoms with Gasteiger partial charge in [0.25, 0.3) is 0 Å². The van der Waals surface area contributed by atoms with E-state index >= 15 is 0 Å². The number of thiophene rings is 1. The Hall–Kier alpha value is -1.39. The zero-order valence-electron chi connectivity index (χ0n) is 9.43. The lowest BCUT2D eigenvalue weighted by atomic mass is 10.2. The van der Waals surface area contributed by atoms with Gasteiger partial charge in [0.1, 0.15) is 0 Å². The molecule has 2 aromatic heterocycles. The van der Waals surface area contributed by atoms with E-state index in [4.69, 9.17) is 12.2 Å². The number of fused-ring (bicyclic) bond motifs is 1. The van der Waals surface area contributed by atoms with Crippen LogP contribution in [0.25, 0.3) is 11.0 Å². The third-order valence-corrected chi connectivity index (χ3v) is 4.01. The first-order valence-electron chi connectivity index (χ1n) is 5.45. The fourth-order valence-electron chi connectivity index (χ4n) is 1.98. The molecule has 0 aliphatic carbocycles. The predicted molar refractivity (Wildman–Crippen MR) is 75.3 cm³/mol. The summed E-state index contributed by atoms with van der Waals surface area (Å²) in [5.74, 6) is 0. The van der Waals surface area contributed by atoms with E-state index in [-0.39, 0.29) is 0 Å². The molecule has 0 radical (unpaired) electrons. The van der Waals surface area contributed by atoms with Crippen molar-refractivity contribution in [2.24, 2.45) is 0 Å². The van der Waals surface area contributed by atoms with E-state index in [2.05, 4.69) is 52.2 Å². The van der Waals surface area contributed by atoms with Crippen LogP contribution in [0.4, 0.5) is 0 Å². The first-order valence-corrected chi connectivity index (χ1v) is 6.74. The van der Waals surface area contributed by atoms with E-state index in [1.165, 1.54) is 16.0 Å². The molecule has 86 valence electrons. The summed E-state index contributed by atoms with van der Waals surface area (Å²) in [5.41, 5.74) is 3.55. The molecule has 0 saturated heterocycles. The highest BCUT2D eigenvalue weighted by atomic mass is 32.1. The van der Waals surface area contributed by atoms with Crippen LogP contribution in [0.2, 0.25) is 0 Å². The van der Waals surface area contributed by atoms with Crippen LogP contribution in [0.15, 0.2) is 35.7 Å². The molecule has 1 N–H and O–H groups in total. The number of rotatable bonds is 2. The van der Waals surface area contributed by atoms with Gasteiger partial charge >= 0.3 is 0 Å². The maximum atomic E-state index is 5.38. The van der Waals surface area contributed by atoms with E-state index in [0.717, 1.165) is 16.8 Å². The number of nitrogens with one attached hydrogen (secondary N) is 1. The molecule has 0 saturated carbocycles. The Morgan fingerprint density at radius 1 is 1.35 bits per heavy atom. The molecule has 0 aliphatic heterocycles. The van der Waals surface area contributed by atoms with Crippen LogP contribution in [0.5, 0.6) is 0 Å².